The van der Waals surface area contributed by atoms with Crippen molar-refractivity contribution < 1.29 is 36.2 Å². The number of alkyl halides is 6. The molecular formula is C9H6F6O2. The Kier molecular flexibility index (Phi) is 3.17. The molecule has 1 aromatic rings. The molecule has 0 bridgehead atoms. The minimum absolute atomic E-state index is 0.323. The van der Waals surface area contributed by atoms with E-state index >= 15 is 0 Å². The fraction of sp³-hybridized carbons (Fsp3) is 0.333. The minimum atomic E-state index is -5.14. The van der Waals surface area contributed by atoms with Crippen LogP contribution in [-0.2, 0) is 12.4 Å². The topological polar surface area (TPSA) is 29.5 Å². The molecule has 17 heavy (non-hydrogen) atoms. The maximum absolute atomic E-state index is 12.5. The van der Waals surface area contributed by atoms with Crippen LogP contribution in [0.25, 0.3) is 0 Å². The van der Waals surface area contributed by atoms with E-state index < -0.39 is 35.0 Å². The molecule has 0 aliphatic rings. The highest BCUT2D eigenvalue weighted by molar-refractivity contribution is 5.51. The van der Waals surface area contributed by atoms with Crippen LogP contribution in [0.1, 0.15) is 11.1 Å². The average molecular weight is 260 g/mol. The summed E-state index contributed by atoms with van der Waals surface area (Å²) in [6, 6.07) is 0.828. The number of phenols is 1. The smallest absolute Gasteiger partial charge is 0.423 e. The van der Waals surface area contributed by atoms with Crippen LogP contribution in [0.3, 0.4) is 0 Å². The molecule has 2 nitrogen and oxygen atoms in total. The van der Waals surface area contributed by atoms with E-state index in [2.05, 4.69) is 4.74 Å². The summed E-state index contributed by atoms with van der Waals surface area (Å²) in [5.41, 5.74) is -3.60. The number of methoxy groups -OCH3 is 1. The highest BCUT2D eigenvalue weighted by Gasteiger charge is 2.43. The molecule has 0 unspecified atom stereocenters. The third-order valence-corrected chi connectivity index (χ3v) is 1.95. The molecule has 0 amide bonds. The Morgan fingerprint density at radius 2 is 1.53 bits per heavy atom. The summed E-state index contributed by atoms with van der Waals surface area (Å²) in [6.45, 7) is 0. The second kappa shape index (κ2) is 4.01. The Hall–Kier alpha value is -1.60. The molecule has 0 aliphatic heterocycles. The Balaban J connectivity index is 3.55. The molecule has 0 aromatic heterocycles. The maximum Gasteiger partial charge on any atom is 0.423 e. The molecule has 1 aromatic carbocycles. The molecule has 0 saturated carbocycles. The van der Waals surface area contributed by atoms with Crippen LogP contribution in [0.4, 0.5) is 26.3 Å². The third-order valence-electron chi connectivity index (χ3n) is 1.95. The van der Waals surface area contributed by atoms with Crippen LogP contribution in [0.15, 0.2) is 12.1 Å². The summed E-state index contributed by atoms with van der Waals surface area (Å²) in [5.74, 6) is -2.76. The first-order valence-corrected chi connectivity index (χ1v) is 4.13. The van der Waals surface area contributed by atoms with Gasteiger partial charge in [-0.15, -0.1) is 0 Å². The predicted octanol–water partition coefficient (Wildman–Crippen LogP) is 3.44. The zero-order valence-corrected chi connectivity index (χ0v) is 8.28. The van der Waals surface area contributed by atoms with Crippen molar-refractivity contribution in [1.82, 2.24) is 0 Å². The summed E-state index contributed by atoms with van der Waals surface area (Å²) >= 11 is 0. The second-order valence-electron chi connectivity index (χ2n) is 3.03. The van der Waals surface area contributed by atoms with E-state index in [1.165, 1.54) is 0 Å². The quantitative estimate of drug-likeness (QED) is 0.784. The van der Waals surface area contributed by atoms with Gasteiger partial charge in [0.1, 0.15) is 17.1 Å². The third kappa shape index (κ3) is 2.56. The standard InChI is InChI=1S/C9H6F6O2/c1-17-5-3-2-4(8(10,11)12)7(16)6(5)9(13,14)15/h2-3,16H,1H3. The van der Waals surface area contributed by atoms with Gasteiger partial charge in [-0.25, -0.2) is 0 Å². The van der Waals surface area contributed by atoms with Crippen molar-refractivity contribution in [2.75, 3.05) is 7.11 Å². The van der Waals surface area contributed by atoms with Gasteiger partial charge >= 0.3 is 12.4 Å². The van der Waals surface area contributed by atoms with Crippen LogP contribution in [-0.4, -0.2) is 12.2 Å². The van der Waals surface area contributed by atoms with Crippen molar-refractivity contribution >= 4 is 0 Å². The molecular weight excluding hydrogens is 254 g/mol. The van der Waals surface area contributed by atoms with Crippen molar-refractivity contribution in [2.45, 2.75) is 12.4 Å². The van der Waals surface area contributed by atoms with E-state index in [4.69, 9.17) is 5.11 Å². The molecule has 0 heterocycles. The number of ether oxygens (including phenoxy) is 1. The lowest BCUT2D eigenvalue weighted by molar-refractivity contribution is -0.146. The van der Waals surface area contributed by atoms with Gasteiger partial charge in [0, 0.05) is 0 Å². The Bertz CT molecular complexity index is 421. The first kappa shape index (κ1) is 13.5. The van der Waals surface area contributed by atoms with Crippen LogP contribution in [0.2, 0.25) is 0 Å². The van der Waals surface area contributed by atoms with E-state index in [0.717, 1.165) is 7.11 Å². The lowest BCUT2D eigenvalue weighted by Crippen LogP contribution is -2.13. The Labute approximate surface area is 91.4 Å². The minimum Gasteiger partial charge on any atom is -0.507 e. The normalized spacial score (nSPS) is 12.6. The number of hydrogen-bond acceptors (Lipinski definition) is 2. The van der Waals surface area contributed by atoms with Crippen LogP contribution in [0.5, 0.6) is 11.5 Å². The van der Waals surface area contributed by atoms with Crippen molar-refractivity contribution in [3.8, 4) is 11.5 Å². The van der Waals surface area contributed by atoms with E-state index in [0.29, 0.717) is 12.1 Å². The summed E-state index contributed by atoms with van der Waals surface area (Å²) in [4.78, 5) is 0. The van der Waals surface area contributed by atoms with Gasteiger partial charge in [0.05, 0.1) is 12.7 Å². The SMILES string of the molecule is COc1ccc(C(F)(F)F)c(O)c1C(F)(F)F. The molecule has 0 radical (unpaired) electrons. The largest absolute Gasteiger partial charge is 0.507 e. The molecule has 1 rings (SSSR count). The van der Waals surface area contributed by atoms with Crippen molar-refractivity contribution in [3.63, 3.8) is 0 Å². The van der Waals surface area contributed by atoms with Crippen molar-refractivity contribution in [2.24, 2.45) is 0 Å². The van der Waals surface area contributed by atoms with Gasteiger partial charge in [-0.2, -0.15) is 26.3 Å². The van der Waals surface area contributed by atoms with Gasteiger partial charge in [-0.1, -0.05) is 0 Å². The number of rotatable bonds is 1. The van der Waals surface area contributed by atoms with Crippen LogP contribution in [0, 0.1) is 0 Å². The molecule has 96 valence electrons. The first-order chi connectivity index (χ1) is 7.59. The van der Waals surface area contributed by atoms with Crippen LogP contribution < -0.4 is 4.74 Å². The molecule has 0 aliphatic carbocycles. The number of aromatic hydroxyl groups is 1. The molecule has 8 heteroatoms. The van der Waals surface area contributed by atoms with Gasteiger partial charge in [0.25, 0.3) is 0 Å². The average Bonchev–Trinajstić information content (AvgIpc) is 2.12. The monoisotopic (exact) mass is 260 g/mol. The highest BCUT2D eigenvalue weighted by atomic mass is 19.4. The van der Waals surface area contributed by atoms with Gasteiger partial charge in [0.15, 0.2) is 0 Å². The highest BCUT2D eigenvalue weighted by Crippen LogP contribution is 2.47. The summed E-state index contributed by atoms with van der Waals surface area (Å²) in [6.07, 6.45) is -10.2. The summed E-state index contributed by atoms with van der Waals surface area (Å²) < 4.78 is 78.5. The van der Waals surface area contributed by atoms with Crippen molar-refractivity contribution in [3.05, 3.63) is 23.3 Å². The summed E-state index contributed by atoms with van der Waals surface area (Å²) in [5, 5.41) is 9.05. The van der Waals surface area contributed by atoms with E-state index in [1.54, 1.807) is 0 Å². The molecule has 1 N–H and O–H groups in total. The maximum atomic E-state index is 12.5. The zero-order valence-electron chi connectivity index (χ0n) is 8.28. The fourth-order valence-corrected chi connectivity index (χ4v) is 1.25. The fourth-order valence-electron chi connectivity index (χ4n) is 1.25. The number of halogens is 6. The van der Waals surface area contributed by atoms with Gasteiger partial charge in [-0.05, 0) is 12.1 Å². The lowest BCUT2D eigenvalue weighted by Gasteiger charge is -2.17. The van der Waals surface area contributed by atoms with Crippen LogP contribution >= 0.6 is 0 Å². The molecule has 0 spiro atoms. The predicted molar refractivity (Wildman–Crippen MR) is 44.7 cm³/mol. The molecule has 0 fully saturated rings. The lowest BCUT2D eigenvalue weighted by atomic mass is 10.1. The van der Waals surface area contributed by atoms with E-state index in [1.807, 2.05) is 0 Å². The number of phenolic OH excluding ortho intramolecular Hbond substituents is 1. The summed E-state index contributed by atoms with van der Waals surface area (Å²) in [7, 11) is 0.858. The van der Waals surface area contributed by atoms with Gasteiger partial charge in [0.2, 0.25) is 0 Å². The number of benzene rings is 1. The number of hydrogen-bond donors (Lipinski definition) is 1. The van der Waals surface area contributed by atoms with Crippen molar-refractivity contribution in [1.29, 1.82) is 0 Å². The molecule has 0 atom stereocenters. The molecule has 0 saturated heterocycles. The van der Waals surface area contributed by atoms with E-state index in [9.17, 15) is 26.3 Å². The van der Waals surface area contributed by atoms with Gasteiger partial charge < -0.3 is 9.84 Å². The van der Waals surface area contributed by atoms with E-state index in [-0.39, 0.29) is 0 Å². The zero-order chi connectivity index (χ0) is 13.4. The van der Waals surface area contributed by atoms with Gasteiger partial charge in [-0.3, -0.25) is 0 Å². The Morgan fingerprint density at radius 3 is 1.88 bits per heavy atom. The Morgan fingerprint density at radius 1 is 1.00 bits per heavy atom. The second-order valence-corrected chi connectivity index (χ2v) is 3.03. The first-order valence-electron chi connectivity index (χ1n) is 4.13.